The van der Waals surface area contributed by atoms with E-state index in [1.165, 1.54) is 12.1 Å². The largest absolute Gasteiger partial charge is 0.465 e. The Morgan fingerprint density at radius 2 is 1.74 bits per heavy atom. The number of aromatic amines is 2. The smallest absolute Gasteiger partial charge is 0.411 e. The lowest BCUT2D eigenvalue weighted by molar-refractivity contribution is 0.209. The number of imidazole rings is 1. The molecule has 4 N–H and O–H groups in total. The van der Waals surface area contributed by atoms with E-state index < -0.39 is 29.1 Å². The molecule has 3 aromatic carbocycles. The predicted octanol–water partition coefficient (Wildman–Crippen LogP) is 4.56. The molecule has 0 radical (unpaired) electrons. The molecule has 0 saturated carbocycles. The Labute approximate surface area is 188 Å². The minimum absolute atomic E-state index is 0.0357. The molecule has 0 atom stereocenters. The lowest BCUT2D eigenvalue weighted by Crippen LogP contribution is -2.12. The third-order valence-electron chi connectivity index (χ3n) is 5.33. The number of carboxylic acid groups (broad SMARTS) is 1. The quantitative estimate of drug-likeness (QED) is 0.310. The molecule has 1 amide bonds. The van der Waals surface area contributed by atoms with Crippen LogP contribution in [0.15, 0.2) is 53.3 Å². The number of fused-ring (bicyclic) bond motifs is 2. The number of H-pyrrole nitrogens is 2. The molecule has 0 bridgehead atoms. The normalized spacial score (nSPS) is 11.3. The molecule has 5 aromatic rings. The number of benzene rings is 3. The third kappa shape index (κ3) is 3.83. The van der Waals surface area contributed by atoms with Gasteiger partial charge in [-0.2, -0.15) is 5.10 Å². The molecule has 0 unspecified atom stereocenters. The van der Waals surface area contributed by atoms with Gasteiger partial charge >= 0.3 is 6.09 Å². The van der Waals surface area contributed by atoms with E-state index in [1.807, 2.05) is 0 Å². The van der Waals surface area contributed by atoms with E-state index in [-0.39, 0.29) is 34.4 Å². The molecule has 8 nitrogen and oxygen atoms in total. The summed E-state index contributed by atoms with van der Waals surface area (Å²) in [5.74, 6) is -2.72. The van der Waals surface area contributed by atoms with Crippen molar-refractivity contribution in [2.45, 2.75) is 6.42 Å². The maximum Gasteiger partial charge on any atom is 0.411 e. The van der Waals surface area contributed by atoms with Crippen molar-refractivity contribution in [2.75, 3.05) is 5.32 Å². The van der Waals surface area contributed by atoms with Crippen molar-refractivity contribution in [3.63, 3.8) is 0 Å². The first-order valence-electron chi connectivity index (χ1n) is 9.93. The van der Waals surface area contributed by atoms with Gasteiger partial charge in [-0.25, -0.2) is 28.0 Å². The van der Waals surface area contributed by atoms with Crippen LogP contribution in [0.4, 0.5) is 23.9 Å². The molecule has 0 aliphatic rings. The number of nitrogens with zero attached hydrogens (tertiary/aromatic N) is 2. The van der Waals surface area contributed by atoms with Crippen LogP contribution < -0.4 is 10.9 Å². The monoisotopic (exact) mass is 465 g/mol. The zero-order chi connectivity index (χ0) is 24.0. The number of hydrogen-bond donors (Lipinski definition) is 4. The first-order valence-corrected chi connectivity index (χ1v) is 9.93. The fourth-order valence-corrected chi connectivity index (χ4v) is 3.78. The highest BCUT2D eigenvalue weighted by Gasteiger charge is 2.15. The molecule has 2 heterocycles. The van der Waals surface area contributed by atoms with E-state index in [1.54, 1.807) is 24.3 Å². The highest BCUT2D eigenvalue weighted by molar-refractivity contribution is 5.88. The van der Waals surface area contributed by atoms with Crippen molar-refractivity contribution >= 4 is 33.8 Å². The number of hydrogen-bond acceptors (Lipinski definition) is 4. The van der Waals surface area contributed by atoms with Gasteiger partial charge in [0.05, 0.1) is 22.1 Å². The second-order valence-corrected chi connectivity index (χ2v) is 7.55. The van der Waals surface area contributed by atoms with Crippen molar-refractivity contribution in [1.29, 1.82) is 0 Å². The fourth-order valence-electron chi connectivity index (χ4n) is 3.78. The highest BCUT2D eigenvalue weighted by Crippen LogP contribution is 2.29. The van der Waals surface area contributed by atoms with Gasteiger partial charge in [-0.3, -0.25) is 10.1 Å². The predicted molar refractivity (Wildman–Crippen MR) is 118 cm³/mol. The standard InChI is InChI=1S/C23H14F3N5O3/c24-15-3-1-10(6-19-13-8-16(25)17(26)9-14(13)21(32)31-30-19)5-12(15)11-2-4-18-20(7-11)28-22(27-18)29-23(33)34/h1-5,7-9H,6H2,(H,31,32)(H,33,34)(H2,27,28,29). The molecule has 0 saturated heterocycles. The molecule has 34 heavy (non-hydrogen) atoms. The maximum atomic E-state index is 14.7. The molecular weight excluding hydrogens is 451 g/mol. The summed E-state index contributed by atoms with van der Waals surface area (Å²) in [5, 5.41) is 17.3. The number of amides is 1. The molecule has 170 valence electrons. The Bertz CT molecular complexity index is 1660. The SMILES string of the molecule is O=C(O)Nc1nc2cc(-c3cc(Cc4n[nH]c(=O)c5cc(F)c(F)cc45)ccc3F)ccc2[nH]1. The van der Waals surface area contributed by atoms with Gasteiger partial charge in [0, 0.05) is 17.4 Å². The van der Waals surface area contributed by atoms with Gasteiger partial charge < -0.3 is 10.1 Å². The minimum atomic E-state index is -1.27. The summed E-state index contributed by atoms with van der Waals surface area (Å²) in [4.78, 5) is 29.8. The molecule has 2 aromatic heterocycles. The molecule has 0 aliphatic carbocycles. The summed E-state index contributed by atoms with van der Waals surface area (Å²) < 4.78 is 42.1. The summed E-state index contributed by atoms with van der Waals surface area (Å²) in [7, 11) is 0. The first kappa shape index (κ1) is 21.2. The summed E-state index contributed by atoms with van der Waals surface area (Å²) in [6.45, 7) is 0. The minimum Gasteiger partial charge on any atom is -0.465 e. The number of carbonyl (C=O) groups is 1. The number of halogens is 3. The highest BCUT2D eigenvalue weighted by atomic mass is 19.2. The summed E-state index contributed by atoms with van der Waals surface area (Å²) in [5.41, 5.74) is 1.98. The average molecular weight is 465 g/mol. The van der Waals surface area contributed by atoms with E-state index >= 15 is 0 Å². The van der Waals surface area contributed by atoms with E-state index in [0.717, 1.165) is 12.1 Å². The van der Waals surface area contributed by atoms with Crippen LogP contribution in [-0.2, 0) is 6.42 Å². The number of anilines is 1. The van der Waals surface area contributed by atoms with Gasteiger partial charge in [-0.15, -0.1) is 0 Å². The van der Waals surface area contributed by atoms with Gasteiger partial charge in [-0.05, 0) is 47.5 Å². The summed E-state index contributed by atoms with van der Waals surface area (Å²) in [6, 6.07) is 11.0. The van der Waals surface area contributed by atoms with Gasteiger partial charge in [0.2, 0.25) is 5.95 Å². The Hall–Kier alpha value is -4.67. The van der Waals surface area contributed by atoms with Crippen molar-refractivity contribution in [3.8, 4) is 11.1 Å². The van der Waals surface area contributed by atoms with Gasteiger partial charge in [0.15, 0.2) is 11.6 Å². The van der Waals surface area contributed by atoms with Crippen LogP contribution >= 0.6 is 0 Å². The van der Waals surface area contributed by atoms with E-state index in [2.05, 4.69) is 25.5 Å². The van der Waals surface area contributed by atoms with Crippen molar-refractivity contribution in [2.24, 2.45) is 0 Å². The molecule has 5 rings (SSSR count). The molecule has 0 spiro atoms. The molecular formula is C23H14F3N5O3. The molecule has 11 heteroatoms. The van der Waals surface area contributed by atoms with Crippen LogP contribution in [0.3, 0.4) is 0 Å². The zero-order valence-corrected chi connectivity index (χ0v) is 17.1. The summed E-state index contributed by atoms with van der Waals surface area (Å²) in [6.07, 6.45) is -1.16. The number of aromatic nitrogens is 4. The number of nitrogens with one attached hydrogen (secondary N) is 3. The van der Waals surface area contributed by atoms with Crippen molar-refractivity contribution in [3.05, 3.63) is 87.6 Å². The third-order valence-corrected chi connectivity index (χ3v) is 5.33. The maximum absolute atomic E-state index is 14.7. The lowest BCUT2D eigenvalue weighted by atomic mass is 9.98. The van der Waals surface area contributed by atoms with Gasteiger partial charge in [0.1, 0.15) is 5.82 Å². The Morgan fingerprint density at radius 3 is 2.50 bits per heavy atom. The average Bonchev–Trinajstić information content (AvgIpc) is 3.19. The topological polar surface area (TPSA) is 124 Å². The van der Waals surface area contributed by atoms with Crippen LogP contribution in [0.2, 0.25) is 0 Å². The van der Waals surface area contributed by atoms with Crippen LogP contribution in [0.1, 0.15) is 11.3 Å². The van der Waals surface area contributed by atoms with Crippen LogP contribution in [0.5, 0.6) is 0 Å². The Morgan fingerprint density at radius 1 is 0.971 bits per heavy atom. The fraction of sp³-hybridized carbons (Fsp3) is 0.0435. The van der Waals surface area contributed by atoms with Crippen LogP contribution in [0, 0.1) is 17.5 Å². The lowest BCUT2D eigenvalue weighted by Gasteiger charge is -2.09. The van der Waals surface area contributed by atoms with Crippen molar-refractivity contribution < 1.29 is 23.1 Å². The van der Waals surface area contributed by atoms with Crippen LogP contribution in [0.25, 0.3) is 32.9 Å². The Balaban J connectivity index is 1.54. The van der Waals surface area contributed by atoms with Gasteiger partial charge in [-0.1, -0.05) is 12.1 Å². The first-order chi connectivity index (χ1) is 16.3. The zero-order valence-electron chi connectivity index (χ0n) is 17.1. The molecule has 0 aliphatic heterocycles. The van der Waals surface area contributed by atoms with Crippen LogP contribution in [-0.4, -0.2) is 31.4 Å². The van der Waals surface area contributed by atoms with Crippen molar-refractivity contribution in [1.82, 2.24) is 20.2 Å². The summed E-state index contributed by atoms with van der Waals surface area (Å²) >= 11 is 0. The number of rotatable bonds is 4. The van der Waals surface area contributed by atoms with E-state index in [4.69, 9.17) is 5.11 Å². The van der Waals surface area contributed by atoms with E-state index in [0.29, 0.717) is 22.2 Å². The second-order valence-electron chi connectivity index (χ2n) is 7.55. The van der Waals surface area contributed by atoms with E-state index in [9.17, 15) is 22.8 Å². The second kappa shape index (κ2) is 8.03. The van der Waals surface area contributed by atoms with Gasteiger partial charge in [0.25, 0.3) is 5.56 Å². The molecule has 0 fully saturated rings. The Kier molecular flexibility index (Phi) is 5.01.